The maximum Gasteiger partial charge on any atom is 0.146 e. The predicted molar refractivity (Wildman–Crippen MR) is 93.8 cm³/mol. The van der Waals surface area contributed by atoms with Crippen LogP contribution in [0.2, 0.25) is 0 Å². The van der Waals surface area contributed by atoms with E-state index in [1.54, 1.807) is 0 Å². The third-order valence-electron chi connectivity index (χ3n) is 4.78. The molecule has 0 aliphatic carbocycles. The average Bonchev–Trinajstić information content (AvgIpc) is 2.90. The molecule has 0 radical (unpaired) electrons. The average molecular weight is 304 g/mol. The zero-order chi connectivity index (χ0) is 15.1. The molecule has 0 spiro atoms. The SMILES string of the molecule is Cc1ccc2c3c1c1ccccc1c1ncc(n13)SC2(C)C. The monoisotopic (exact) mass is 304 g/mol. The van der Waals surface area contributed by atoms with Gasteiger partial charge in [-0.3, -0.25) is 4.40 Å². The number of pyridine rings is 1. The number of hydrogen-bond acceptors (Lipinski definition) is 2. The summed E-state index contributed by atoms with van der Waals surface area (Å²) in [5, 5.41) is 5.16. The van der Waals surface area contributed by atoms with Crippen molar-refractivity contribution < 1.29 is 0 Å². The van der Waals surface area contributed by atoms with E-state index >= 15 is 0 Å². The van der Waals surface area contributed by atoms with Gasteiger partial charge >= 0.3 is 0 Å². The quantitative estimate of drug-likeness (QED) is 0.411. The summed E-state index contributed by atoms with van der Waals surface area (Å²) < 4.78 is 2.42. The van der Waals surface area contributed by atoms with E-state index in [9.17, 15) is 0 Å². The van der Waals surface area contributed by atoms with E-state index in [0.717, 1.165) is 5.65 Å². The third kappa shape index (κ3) is 1.35. The Balaban J connectivity index is 2.24. The molecule has 1 aliphatic rings. The zero-order valence-electron chi connectivity index (χ0n) is 12.8. The topological polar surface area (TPSA) is 17.3 Å². The van der Waals surface area contributed by atoms with Crippen molar-refractivity contribution in [3.63, 3.8) is 0 Å². The minimum atomic E-state index is 0.0668. The molecule has 0 unspecified atom stereocenters. The first-order valence-corrected chi connectivity index (χ1v) is 8.40. The van der Waals surface area contributed by atoms with E-state index in [-0.39, 0.29) is 4.75 Å². The molecule has 2 aromatic heterocycles. The molecule has 3 heteroatoms. The molecular weight excluding hydrogens is 288 g/mol. The molecule has 0 amide bonds. The van der Waals surface area contributed by atoms with Gasteiger partial charge in [0.05, 0.1) is 11.7 Å². The second-order valence-corrected chi connectivity index (χ2v) is 8.21. The fourth-order valence-corrected chi connectivity index (χ4v) is 4.95. The van der Waals surface area contributed by atoms with Crippen LogP contribution in [-0.4, -0.2) is 9.38 Å². The first kappa shape index (κ1) is 12.5. The molecule has 0 atom stereocenters. The second kappa shape index (κ2) is 3.85. The Bertz CT molecular complexity index is 1090. The van der Waals surface area contributed by atoms with E-state index < -0.39 is 0 Å². The fraction of sp³-hybridized carbons (Fsp3) is 0.211. The summed E-state index contributed by atoms with van der Waals surface area (Å²) in [7, 11) is 0. The second-order valence-electron chi connectivity index (χ2n) is 6.57. The molecule has 108 valence electrons. The van der Waals surface area contributed by atoms with Crippen molar-refractivity contribution in [1.82, 2.24) is 9.38 Å². The number of aryl methyl sites for hydroxylation is 1. The number of rotatable bonds is 0. The molecule has 1 aliphatic heterocycles. The van der Waals surface area contributed by atoms with Crippen molar-refractivity contribution in [2.45, 2.75) is 30.5 Å². The predicted octanol–water partition coefficient (Wildman–Crippen LogP) is 5.29. The number of imidazole rings is 1. The van der Waals surface area contributed by atoms with Crippen LogP contribution in [0.15, 0.2) is 47.6 Å². The van der Waals surface area contributed by atoms with Crippen LogP contribution in [0.25, 0.3) is 27.3 Å². The van der Waals surface area contributed by atoms with Gasteiger partial charge in [-0.1, -0.05) is 48.2 Å². The van der Waals surface area contributed by atoms with Gasteiger partial charge in [-0.2, -0.15) is 0 Å². The Hall–Kier alpha value is -2.00. The molecule has 4 aromatic rings. The number of aromatic nitrogens is 2. The number of hydrogen-bond donors (Lipinski definition) is 0. The standard InChI is InChI=1S/C19H16N2S/c1-11-8-9-14-17-16(11)12-6-4-5-7-13(12)18-20-10-15(21(17)18)22-19(14,2)3/h4-10H,1-3H3. The van der Waals surface area contributed by atoms with Gasteiger partial charge in [0.2, 0.25) is 0 Å². The van der Waals surface area contributed by atoms with Gasteiger partial charge in [-0.05, 0) is 37.3 Å². The molecule has 0 saturated carbocycles. The van der Waals surface area contributed by atoms with E-state index in [2.05, 4.69) is 61.6 Å². The van der Waals surface area contributed by atoms with Gasteiger partial charge in [0.1, 0.15) is 10.7 Å². The summed E-state index contributed by atoms with van der Waals surface area (Å²) in [5.74, 6) is 0. The summed E-state index contributed by atoms with van der Waals surface area (Å²) in [6, 6.07) is 13.2. The summed E-state index contributed by atoms with van der Waals surface area (Å²) >= 11 is 1.90. The first-order valence-electron chi connectivity index (χ1n) is 7.59. The van der Waals surface area contributed by atoms with Crippen LogP contribution in [-0.2, 0) is 4.75 Å². The van der Waals surface area contributed by atoms with Gasteiger partial charge in [0.15, 0.2) is 0 Å². The molecule has 5 rings (SSSR count). The lowest BCUT2D eigenvalue weighted by Gasteiger charge is -2.31. The zero-order valence-corrected chi connectivity index (χ0v) is 13.7. The lowest BCUT2D eigenvalue weighted by molar-refractivity contribution is 0.769. The maximum atomic E-state index is 4.74. The van der Waals surface area contributed by atoms with Crippen LogP contribution in [0, 0.1) is 6.92 Å². The van der Waals surface area contributed by atoms with Crippen molar-refractivity contribution in [2.75, 3.05) is 0 Å². The number of fused-ring (bicyclic) bond motifs is 3. The van der Waals surface area contributed by atoms with Crippen molar-refractivity contribution in [3.8, 4) is 0 Å². The third-order valence-corrected chi connectivity index (χ3v) is 6.01. The maximum absolute atomic E-state index is 4.74. The van der Waals surface area contributed by atoms with E-state index in [1.165, 1.54) is 37.8 Å². The highest BCUT2D eigenvalue weighted by Gasteiger charge is 2.32. The van der Waals surface area contributed by atoms with Gasteiger partial charge in [-0.25, -0.2) is 4.98 Å². The van der Waals surface area contributed by atoms with Crippen LogP contribution in [0.4, 0.5) is 0 Å². The van der Waals surface area contributed by atoms with Crippen molar-refractivity contribution in [3.05, 3.63) is 53.7 Å². The van der Waals surface area contributed by atoms with Crippen LogP contribution >= 0.6 is 11.8 Å². The van der Waals surface area contributed by atoms with Crippen molar-refractivity contribution in [2.24, 2.45) is 0 Å². The van der Waals surface area contributed by atoms with E-state index in [4.69, 9.17) is 4.98 Å². The Kier molecular flexibility index (Phi) is 2.19. The van der Waals surface area contributed by atoms with Gasteiger partial charge < -0.3 is 0 Å². The highest BCUT2D eigenvalue weighted by molar-refractivity contribution is 8.00. The molecule has 0 fully saturated rings. The van der Waals surface area contributed by atoms with Gasteiger partial charge in [0, 0.05) is 15.5 Å². The Morgan fingerprint density at radius 1 is 1.05 bits per heavy atom. The Morgan fingerprint density at radius 2 is 1.82 bits per heavy atom. The van der Waals surface area contributed by atoms with Crippen LogP contribution < -0.4 is 0 Å². The Labute approximate surface area is 133 Å². The summed E-state index contributed by atoms with van der Waals surface area (Å²) in [5.41, 5.74) is 5.15. The van der Waals surface area contributed by atoms with Crippen molar-refractivity contribution >= 4 is 39.1 Å². The summed E-state index contributed by atoms with van der Waals surface area (Å²) in [6.07, 6.45) is 2.03. The first-order chi connectivity index (χ1) is 10.6. The number of thioether (sulfide) groups is 1. The lowest BCUT2D eigenvalue weighted by atomic mass is 9.93. The fourth-order valence-electron chi connectivity index (χ4n) is 3.78. The molecule has 0 saturated heterocycles. The molecule has 2 aromatic carbocycles. The minimum Gasteiger partial charge on any atom is -0.286 e. The molecule has 22 heavy (non-hydrogen) atoms. The number of nitrogens with zero attached hydrogens (tertiary/aromatic N) is 2. The van der Waals surface area contributed by atoms with Crippen LogP contribution in [0.3, 0.4) is 0 Å². The van der Waals surface area contributed by atoms with Gasteiger partial charge in [-0.15, -0.1) is 0 Å². The normalized spacial score (nSPS) is 16.1. The minimum absolute atomic E-state index is 0.0668. The van der Waals surface area contributed by atoms with E-state index in [1.807, 2.05) is 18.0 Å². The molecule has 0 bridgehead atoms. The summed E-state index contributed by atoms with van der Waals surface area (Å²) in [6.45, 7) is 6.82. The smallest absolute Gasteiger partial charge is 0.146 e. The molecule has 3 heterocycles. The molecule has 2 nitrogen and oxygen atoms in total. The highest BCUT2D eigenvalue weighted by atomic mass is 32.2. The van der Waals surface area contributed by atoms with Crippen molar-refractivity contribution in [1.29, 1.82) is 0 Å². The number of benzene rings is 2. The molecular formula is C19H16N2S. The lowest BCUT2D eigenvalue weighted by Crippen LogP contribution is -2.18. The highest BCUT2D eigenvalue weighted by Crippen LogP contribution is 2.49. The Morgan fingerprint density at radius 3 is 2.64 bits per heavy atom. The van der Waals surface area contributed by atoms with Crippen LogP contribution in [0.5, 0.6) is 0 Å². The van der Waals surface area contributed by atoms with Crippen LogP contribution in [0.1, 0.15) is 25.0 Å². The summed E-state index contributed by atoms with van der Waals surface area (Å²) in [4.78, 5) is 4.74. The largest absolute Gasteiger partial charge is 0.286 e. The molecule has 0 N–H and O–H groups in total. The van der Waals surface area contributed by atoms with Gasteiger partial charge in [0.25, 0.3) is 0 Å². The van der Waals surface area contributed by atoms with E-state index in [0.29, 0.717) is 0 Å².